The summed E-state index contributed by atoms with van der Waals surface area (Å²) in [5, 5.41) is 8.38. The Balaban J connectivity index is 0. The van der Waals surface area contributed by atoms with Crippen LogP contribution in [0.5, 0.6) is 0 Å². The molecule has 0 aliphatic heterocycles. The smallest absolute Gasteiger partial charge is 0.335 e. The highest BCUT2D eigenvalue weighted by Gasteiger charge is 1.96. The molecule has 0 atom stereocenters. The zero-order chi connectivity index (χ0) is 8.69. The molecule has 0 saturated heterocycles. The summed E-state index contributed by atoms with van der Waals surface area (Å²) < 4.78 is 0. The van der Waals surface area contributed by atoms with E-state index in [1.165, 1.54) is 0 Å². The van der Waals surface area contributed by atoms with Gasteiger partial charge in [0.25, 0.3) is 0 Å². The van der Waals surface area contributed by atoms with Crippen LogP contribution in [0.25, 0.3) is 0 Å². The van der Waals surface area contributed by atoms with Gasteiger partial charge in [-0.15, -0.1) is 13.2 Å². The average molecular weight is 167 g/mol. The van der Waals surface area contributed by atoms with Gasteiger partial charge in [-0.3, -0.25) is 0 Å². The molecule has 66 valence electrons. The number of carbonyl (C=O) groups is 1. The van der Waals surface area contributed by atoms with Crippen molar-refractivity contribution in [3.63, 3.8) is 0 Å². The molecule has 0 radical (unpaired) electrons. The molecule has 3 heteroatoms. The summed E-state index contributed by atoms with van der Waals surface area (Å²) in [7, 11) is 0. The van der Waals surface area contributed by atoms with Gasteiger partial charge in [0.05, 0.1) is 5.56 Å². The molecule has 0 aliphatic carbocycles. The molecule has 3 nitrogen and oxygen atoms in total. The van der Waals surface area contributed by atoms with Crippen molar-refractivity contribution in [1.82, 2.24) is 6.15 Å². The van der Waals surface area contributed by atoms with Crippen molar-refractivity contribution >= 4 is 5.97 Å². The van der Waals surface area contributed by atoms with Crippen LogP contribution in [0.15, 0.2) is 43.5 Å². The molecular weight excluding hydrogens is 154 g/mol. The minimum Gasteiger partial charge on any atom is -0.478 e. The van der Waals surface area contributed by atoms with Crippen molar-refractivity contribution < 1.29 is 9.90 Å². The number of rotatable bonds is 1. The molecule has 0 aromatic heterocycles. The molecule has 0 saturated carbocycles. The summed E-state index contributed by atoms with van der Waals surface area (Å²) in [6.45, 7) is 6.00. The number of hydrogen-bond acceptors (Lipinski definition) is 2. The molecule has 1 rings (SSSR count). The van der Waals surface area contributed by atoms with Crippen LogP contribution in [0.2, 0.25) is 0 Å². The van der Waals surface area contributed by atoms with Crippen LogP contribution in [-0.4, -0.2) is 11.1 Å². The first kappa shape index (κ1) is 13.0. The third-order valence-corrected chi connectivity index (χ3v) is 1.02. The maximum atomic E-state index is 10.2. The van der Waals surface area contributed by atoms with Gasteiger partial charge >= 0.3 is 5.97 Å². The SMILES string of the molecule is C=C.N.O=C(O)c1ccccc1. The van der Waals surface area contributed by atoms with Crippen LogP contribution in [0.3, 0.4) is 0 Å². The summed E-state index contributed by atoms with van der Waals surface area (Å²) >= 11 is 0. The van der Waals surface area contributed by atoms with Crippen LogP contribution < -0.4 is 6.15 Å². The van der Waals surface area contributed by atoms with Crippen LogP contribution in [-0.2, 0) is 0 Å². The first-order valence-corrected chi connectivity index (χ1v) is 3.09. The van der Waals surface area contributed by atoms with Crippen LogP contribution in [0, 0.1) is 0 Å². The number of hydrogen-bond donors (Lipinski definition) is 2. The van der Waals surface area contributed by atoms with E-state index in [9.17, 15) is 4.79 Å². The Labute approximate surface area is 71.9 Å². The maximum absolute atomic E-state index is 10.2. The zero-order valence-electron chi connectivity index (χ0n) is 6.86. The molecule has 0 bridgehead atoms. The van der Waals surface area contributed by atoms with Gasteiger partial charge in [-0.2, -0.15) is 0 Å². The lowest BCUT2D eigenvalue weighted by molar-refractivity contribution is 0.0697. The number of aromatic carboxylic acids is 1. The van der Waals surface area contributed by atoms with Crippen molar-refractivity contribution in [3.8, 4) is 0 Å². The van der Waals surface area contributed by atoms with E-state index in [0.717, 1.165) is 0 Å². The third-order valence-electron chi connectivity index (χ3n) is 1.02. The lowest BCUT2D eigenvalue weighted by Gasteiger charge is -1.88. The van der Waals surface area contributed by atoms with Crippen LogP contribution in [0.4, 0.5) is 0 Å². The molecule has 12 heavy (non-hydrogen) atoms. The van der Waals surface area contributed by atoms with Gasteiger partial charge in [0, 0.05) is 0 Å². The highest BCUT2D eigenvalue weighted by molar-refractivity contribution is 5.87. The first-order chi connectivity index (χ1) is 5.30. The van der Waals surface area contributed by atoms with Crippen molar-refractivity contribution in [2.45, 2.75) is 0 Å². The summed E-state index contributed by atoms with van der Waals surface area (Å²) in [6.07, 6.45) is 0. The van der Waals surface area contributed by atoms with Crippen LogP contribution in [0.1, 0.15) is 10.4 Å². The Hall–Kier alpha value is -1.61. The van der Waals surface area contributed by atoms with Crippen LogP contribution >= 0.6 is 0 Å². The zero-order valence-corrected chi connectivity index (χ0v) is 6.86. The number of carboxylic acids is 1. The van der Waals surface area contributed by atoms with Gasteiger partial charge in [-0.25, -0.2) is 4.79 Å². The Morgan fingerprint density at radius 1 is 1.17 bits per heavy atom. The lowest BCUT2D eigenvalue weighted by atomic mass is 10.2. The van der Waals surface area contributed by atoms with E-state index in [2.05, 4.69) is 13.2 Å². The van der Waals surface area contributed by atoms with E-state index in [1.54, 1.807) is 30.3 Å². The van der Waals surface area contributed by atoms with Gasteiger partial charge in [-0.1, -0.05) is 18.2 Å². The van der Waals surface area contributed by atoms with Crippen molar-refractivity contribution in [2.24, 2.45) is 0 Å². The predicted octanol–water partition coefficient (Wildman–Crippen LogP) is 2.35. The van der Waals surface area contributed by atoms with Crippen molar-refractivity contribution in [1.29, 1.82) is 0 Å². The Kier molecular flexibility index (Phi) is 8.13. The van der Waals surface area contributed by atoms with E-state index in [-0.39, 0.29) is 6.15 Å². The molecule has 0 amide bonds. The molecular formula is C9H13NO2. The second-order valence-corrected chi connectivity index (χ2v) is 1.67. The fourth-order valence-electron chi connectivity index (χ4n) is 0.581. The fourth-order valence-corrected chi connectivity index (χ4v) is 0.581. The first-order valence-electron chi connectivity index (χ1n) is 3.09. The summed E-state index contributed by atoms with van der Waals surface area (Å²) in [6, 6.07) is 8.30. The van der Waals surface area contributed by atoms with E-state index < -0.39 is 5.97 Å². The van der Waals surface area contributed by atoms with E-state index in [0.29, 0.717) is 5.56 Å². The molecule has 1 aromatic rings. The highest BCUT2D eigenvalue weighted by atomic mass is 16.4. The van der Waals surface area contributed by atoms with Gasteiger partial charge in [0.15, 0.2) is 0 Å². The predicted molar refractivity (Wildman–Crippen MR) is 49.7 cm³/mol. The van der Waals surface area contributed by atoms with Gasteiger partial charge < -0.3 is 11.3 Å². The van der Waals surface area contributed by atoms with Gasteiger partial charge in [-0.05, 0) is 12.1 Å². The second kappa shape index (κ2) is 7.50. The van der Waals surface area contributed by atoms with Gasteiger partial charge in [0.1, 0.15) is 0 Å². The van der Waals surface area contributed by atoms with E-state index >= 15 is 0 Å². The third kappa shape index (κ3) is 4.24. The Bertz CT molecular complexity index is 221. The monoisotopic (exact) mass is 167 g/mol. The van der Waals surface area contributed by atoms with E-state index in [4.69, 9.17) is 5.11 Å². The van der Waals surface area contributed by atoms with Crippen molar-refractivity contribution in [3.05, 3.63) is 49.1 Å². The lowest BCUT2D eigenvalue weighted by Crippen LogP contribution is -1.93. The Morgan fingerprint density at radius 3 is 1.83 bits per heavy atom. The molecule has 0 spiro atoms. The summed E-state index contributed by atoms with van der Waals surface area (Å²) in [5.41, 5.74) is 0.331. The minimum atomic E-state index is -0.879. The standard InChI is InChI=1S/C7H6O2.C2H4.H3N/c8-7(9)6-4-2-1-3-5-6;1-2;/h1-5H,(H,8,9);1-2H2;1H3. The minimum absolute atomic E-state index is 0. The molecule has 4 N–H and O–H groups in total. The largest absolute Gasteiger partial charge is 0.478 e. The topological polar surface area (TPSA) is 72.3 Å². The summed E-state index contributed by atoms with van der Waals surface area (Å²) in [5.74, 6) is -0.879. The molecule has 0 fully saturated rings. The maximum Gasteiger partial charge on any atom is 0.335 e. The molecule has 0 unspecified atom stereocenters. The second-order valence-electron chi connectivity index (χ2n) is 1.67. The van der Waals surface area contributed by atoms with Crippen molar-refractivity contribution in [2.75, 3.05) is 0 Å². The fraction of sp³-hybridized carbons (Fsp3) is 0. The quantitative estimate of drug-likeness (QED) is 0.630. The molecule has 0 aliphatic rings. The highest BCUT2D eigenvalue weighted by Crippen LogP contribution is 1.96. The normalized spacial score (nSPS) is 7.00. The Morgan fingerprint density at radius 2 is 1.58 bits per heavy atom. The summed E-state index contributed by atoms with van der Waals surface area (Å²) in [4.78, 5) is 10.2. The van der Waals surface area contributed by atoms with Gasteiger partial charge in [0.2, 0.25) is 0 Å². The number of benzene rings is 1. The van der Waals surface area contributed by atoms with E-state index in [1.807, 2.05) is 0 Å². The molecule has 0 heterocycles. The molecule has 1 aromatic carbocycles. The average Bonchev–Trinajstić information content (AvgIpc) is 2.10. The number of carboxylic acid groups (broad SMARTS) is 1.